The van der Waals surface area contributed by atoms with Gasteiger partial charge in [0.15, 0.2) is 0 Å². The molecule has 0 aromatic heterocycles. The van der Waals surface area contributed by atoms with E-state index in [4.69, 9.17) is 0 Å². The lowest BCUT2D eigenvalue weighted by Gasteiger charge is -2.60. The second kappa shape index (κ2) is 6.74. The average Bonchev–Trinajstić information content (AvgIpc) is 2.91. The first kappa shape index (κ1) is 18.4. The number of urea groups is 1. The summed E-state index contributed by atoms with van der Waals surface area (Å²) in [7, 11) is 0. The largest absolute Gasteiger partial charge is 0.390 e. The highest BCUT2D eigenvalue weighted by Gasteiger charge is 2.57. The number of hydrogen-bond acceptors (Lipinski definition) is 3. The number of likely N-dealkylation sites (tertiary alicyclic amines) is 1. The number of benzene rings is 1. The summed E-state index contributed by atoms with van der Waals surface area (Å²) in [6.07, 6.45) is 5.92. The van der Waals surface area contributed by atoms with Crippen molar-refractivity contribution in [2.24, 2.45) is 17.8 Å². The fourth-order valence-corrected chi connectivity index (χ4v) is 7.03. The van der Waals surface area contributed by atoms with E-state index in [1.54, 1.807) is 0 Å². The highest BCUT2D eigenvalue weighted by molar-refractivity contribution is 5.75. The minimum absolute atomic E-state index is 0.0380. The van der Waals surface area contributed by atoms with Gasteiger partial charge < -0.3 is 15.7 Å². The summed E-state index contributed by atoms with van der Waals surface area (Å²) in [5, 5.41) is 17.5. The lowest BCUT2D eigenvalue weighted by atomic mass is 9.51. The Balaban J connectivity index is 1.18. The topological polar surface area (TPSA) is 64.6 Å². The molecule has 1 aliphatic heterocycles. The van der Waals surface area contributed by atoms with Gasteiger partial charge in [0, 0.05) is 31.2 Å². The second-order valence-corrected chi connectivity index (χ2v) is 10.3. The summed E-state index contributed by atoms with van der Waals surface area (Å²) >= 11 is 0. The van der Waals surface area contributed by atoms with Crippen LogP contribution in [0, 0.1) is 17.8 Å². The predicted octanol–water partition coefficient (Wildman–Crippen LogP) is 2.89. The van der Waals surface area contributed by atoms with Crippen LogP contribution in [0.15, 0.2) is 30.3 Å². The maximum atomic E-state index is 12.9. The van der Waals surface area contributed by atoms with E-state index in [-0.39, 0.29) is 17.6 Å². The van der Waals surface area contributed by atoms with Crippen LogP contribution < -0.4 is 10.6 Å². The van der Waals surface area contributed by atoms with Gasteiger partial charge in [0.1, 0.15) is 0 Å². The van der Waals surface area contributed by atoms with Crippen LogP contribution in [0.3, 0.4) is 0 Å². The van der Waals surface area contributed by atoms with Crippen molar-refractivity contribution >= 4 is 6.03 Å². The molecule has 5 fully saturated rings. The van der Waals surface area contributed by atoms with Gasteiger partial charge in [-0.25, -0.2) is 4.79 Å². The number of nitrogens with one attached hydrogen (secondary N) is 2. The van der Waals surface area contributed by atoms with Crippen LogP contribution >= 0.6 is 0 Å². The Hall–Kier alpha value is -1.59. The monoisotopic (exact) mass is 383 g/mol. The Morgan fingerprint density at radius 1 is 1.14 bits per heavy atom. The van der Waals surface area contributed by atoms with Crippen molar-refractivity contribution in [1.82, 2.24) is 15.5 Å². The maximum absolute atomic E-state index is 12.9. The third-order valence-corrected chi connectivity index (χ3v) is 7.66. The van der Waals surface area contributed by atoms with Crippen molar-refractivity contribution in [3.05, 3.63) is 35.9 Å². The first-order chi connectivity index (χ1) is 13.4. The van der Waals surface area contributed by atoms with Gasteiger partial charge in [-0.3, -0.25) is 4.90 Å². The Kier molecular flexibility index (Phi) is 4.44. The van der Waals surface area contributed by atoms with Crippen molar-refractivity contribution in [2.45, 2.75) is 69.2 Å². The molecule has 0 radical (unpaired) electrons. The average molecular weight is 384 g/mol. The fraction of sp³-hybridized carbons (Fsp3) is 0.696. The molecule has 5 nitrogen and oxygen atoms in total. The lowest BCUT2D eigenvalue weighted by Crippen LogP contribution is -2.67. The van der Waals surface area contributed by atoms with Crippen LogP contribution in [0.2, 0.25) is 0 Å². The molecule has 1 saturated heterocycles. The molecule has 28 heavy (non-hydrogen) atoms. The third-order valence-electron chi connectivity index (χ3n) is 7.66. The lowest BCUT2D eigenvalue weighted by molar-refractivity contribution is -0.139. The molecule has 1 heterocycles. The van der Waals surface area contributed by atoms with Gasteiger partial charge in [-0.1, -0.05) is 37.3 Å². The molecule has 4 aliphatic carbocycles. The number of rotatable bonds is 4. The molecule has 5 aliphatic rings. The SMILES string of the molecule is CC1CN(Cc2ccccc2)CC1NC(=O)NC12CC3CC(CC(O)(C3)C1)C2. The highest BCUT2D eigenvalue weighted by atomic mass is 16.3. The van der Waals surface area contributed by atoms with E-state index in [1.165, 1.54) is 12.0 Å². The first-order valence-electron chi connectivity index (χ1n) is 11.0. The van der Waals surface area contributed by atoms with Crippen molar-refractivity contribution < 1.29 is 9.90 Å². The van der Waals surface area contributed by atoms with E-state index in [9.17, 15) is 9.90 Å². The van der Waals surface area contributed by atoms with Gasteiger partial charge in [-0.15, -0.1) is 0 Å². The van der Waals surface area contributed by atoms with Crippen LogP contribution in [0.5, 0.6) is 0 Å². The van der Waals surface area contributed by atoms with Gasteiger partial charge in [-0.2, -0.15) is 0 Å². The Labute approximate surface area is 167 Å². The van der Waals surface area contributed by atoms with E-state index in [0.29, 0.717) is 17.8 Å². The number of nitrogens with zero attached hydrogens (tertiary/aromatic N) is 1. The van der Waals surface area contributed by atoms with Gasteiger partial charge >= 0.3 is 6.03 Å². The van der Waals surface area contributed by atoms with Crippen molar-refractivity contribution in [3.63, 3.8) is 0 Å². The molecule has 5 heteroatoms. The minimum Gasteiger partial charge on any atom is -0.390 e. The number of amides is 2. The van der Waals surface area contributed by atoms with Crippen LogP contribution in [0.1, 0.15) is 51.0 Å². The van der Waals surface area contributed by atoms with Crippen LogP contribution in [0.25, 0.3) is 0 Å². The summed E-state index contributed by atoms with van der Waals surface area (Å²) in [5.74, 6) is 1.60. The quantitative estimate of drug-likeness (QED) is 0.749. The predicted molar refractivity (Wildman–Crippen MR) is 109 cm³/mol. The number of hydrogen-bond donors (Lipinski definition) is 3. The summed E-state index contributed by atoms with van der Waals surface area (Å²) in [4.78, 5) is 15.3. The summed E-state index contributed by atoms with van der Waals surface area (Å²) in [5.41, 5.74) is 0.598. The van der Waals surface area contributed by atoms with Crippen molar-refractivity contribution in [2.75, 3.05) is 13.1 Å². The molecule has 6 rings (SSSR count). The maximum Gasteiger partial charge on any atom is 0.315 e. The molecule has 4 bridgehead atoms. The van der Waals surface area contributed by atoms with Crippen LogP contribution in [-0.2, 0) is 6.54 Å². The molecular formula is C23H33N3O2. The Morgan fingerprint density at radius 2 is 1.86 bits per heavy atom. The molecule has 4 unspecified atom stereocenters. The van der Waals surface area contributed by atoms with Gasteiger partial charge in [-0.05, 0) is 61.8 Å². The number of carbonyl (C=O) groups is 1. The van der Waals surface area contributed by atoms with Crippen LogP contribution in [0.4, 0.5) is 4.79 Å². The van der Waals surface area contributed by atoms with Crippen LogP contribution in [-0.4, -0.2) is 46.3 Å². The Morgan fingerprint density at radius 3 is 2.54 bits per heavy atom. The summed E-state index contributed by atoms with van der Waals surface area (Å²) in [6, 6.07) is 10.7. The highest BCUT2D eigenvalue weighted by Crippen LogP contribution is 2.57. The van der Waals surface area contributed by atoms with Gasteiger partial charge in [0.2, 0.25) is 0 Å². The van der Waals surface area contributed by atoms with E-state index in [0.717, 1.165) is 51.7 Å². The van der Waals surface area contributed by atoms with E-state index < -0.39 is 5.60 Å². The fourth-order valence-electron chi connectivity index (χ4n) is 7.03. The summed E-state index contributed by atoms with van der Waals surface area (Å²) < 4.78 is 0. The van der Waals surface area contributed by atoms with Crippen molar-refractivity contribution in [1.29, 1.82) is 0 Å². The standard InChI is InChI=1S/C23H33N3O2/c1-16-12-26(13-17-5-3-2-4-6-17)14-20(16)24-21(27)25-22-8-18-7-19(9-22)11-23(28,10-18)15-22/h2-6,16,18-20,28H,7-15H2,1H3,(H2,24,25,27). The smallest absolute Gasteiger partial charge is 0.315 e. The van der Waals surface area contributed by atoms with E-state index >= 15 is 0 Å². The van der Waals surface area contributed by atoms with Gasteiger partial charge in [0.25, 0.3) is 0 Å². The minimum atomic E-state index is -0.537. The Bertz CT molecular complexity index is 723. The molecule has 1 aromatic carbocycles. The van der Waals surface area contributed by atoms with E-state index in [1.807, 2.05) is 6.07 Å². The molecule has 3 N–H and O–H groups in total. The van der Waals surface area contributed by atoms with E-state index in [2.05, 4.69) is 46.7 Å². The third kappa shape index (κ3) is 3.55. The molecular weight excluding hydrogens is 350 g/mol. The zero-order valence-corrected chi connectivity index (χ0v) is 16.9. The normalized spacial score (nSPS) is 41.9. The molecule has 0 spiro atoms. The molecule has 1 aromatic rings. The van der Waals surface area contributed by atoms with Gasteiger partial charge in [0.05, 0.1) is 5.60 Å². The zero-order valence-electron chi connectivity index (χ0n) is 16.9. The summed E-state index contributed by atoms with van der Waals surface area (Å²) in [6.45, 7) is 5.06. The zero-order chi connectivity index (χ0) is 19.4. The molecule has 4 atom stereocenters. The molecule has 4 saturated carbocycles. The molecule has 152 valence electrons. The molecule has 2 amide bonds. The van der Waals surface area contributed by atoms with Crippen molar-refractivity contribution in [3.8, 4) is 0 Å². The number of carbonyl (C=O) groups excluding carboxylic acids is 1. The number of aliphatic hydroxyl groups is 1. The second-order valence-electron chi connectivity index (χ2n) is 10.3. The first-order valence-corrected chi connectivity index (χ1v) is 11.0.